The molecule has 31 heavy (non-hydrogen) atoms. The number of thiazole rings is 1. The molecule has 1 saturated heterocycles. The van der Waals surface area contributed by atoms with Gasteiger partial charge < -0.3 is 20.6 Å². The van der Waals surface area contributed by atoms with Gasteiger partial charge in [-0.15, -0.1) is 0 Å². The molecule has 3 aromatic rings. The molecule has 1 fully saturated rings. The van der Waals surface area contributed by atoms with E-state index in [1.54, 1.807) is 0 Å². The number of carbonyl (C=O) groups excluding carboxylic acids is 1. The molecule has 1 atom stereocenters. The van der Waals surface area contributed by atoms with Crippen LogP contribution >= 0.6 is 22.9 Å². The predicted octanol–water partition coefficient (Wildman–Crippen LogP) is 2.03. The summed E-state index contributed by atoms with van der Waals surface area (Å²) in [7, 11) is 1.96. The third-order valence-electron chi connectivity index (χ3n) is 4.95. The number of aryl methyl sites for hydroxylation is 2. The maximum atomic E-state index is 12.7. The molecule has 0 bridgehead atoms. The monoisotopic (exact) mass is 456 g/mol. The highest BCUT2D eigenvalue weighted by Crippen LogP contribution is 2.28. The number of aliphatic hydroxyl groups excluding tert-OH is 1. The Morgan fingerprint density at radius 1 is 1.32 bits per heavy atom. The summed E-state index contributed by atoms with van der Waals surface area (Å²) in [5.74, 6) is 1.68. The number of anilines is 4. The SMILES string of the molecule is Bc1cc(C)c(NC(=O)c2cnc(Nc3cc(N4CC[C@H](O)C4)nc(C)n3)s2)c(Cl)c1. The number of aromatic nitrogens is 3. The Balaban J connectivity index is 1.48. The largest absolute Gasteiger partial charge is 0.391 e. The van der Waals surface area contributed by atoms with Gasteiger partial charge in [-0.25, -0.2) is 15.0 Å². The number of carbonyl (C=O) groups is 1. The van der Waals surface area contributed by atoms with Crippen molar-refractivity contribution in [2.24, 2.45) is 0 Å². The van der Waals surface area contributed by atoms with Crippen molar-refractivity contribution in [3.63, 3.8) is 0 Å². The van der Waals surface area contributed by atoms with E-state index in [1.165, 1.54) is 17.5 Å². The van der Waals surface area contributed by atoms with Gasteiger partial charge in [-0.05, 0) is 31.9 Å². The fourth-order valence-corrected chi connectivity index (χ4v) is 4.61. The van der Waals surface area contributed by atoms with Crippen LogP contribution in [0, 0.1) is 13.8 Å². The summed E-state index contributed by atoms with van der Waals surface area (Å²) in [6.45, 7) is 5.02. The van der Waals surface area contributed by atoms with E-state index in [4.69, 9.17) is 11.6 Å². The molecular formula is C20H22BClN6O2S. The van der Waals surface area contributed by atoms with Crippen LogP contribution in [0.25, 0.3) is 0 Å². The lowest BCUT2D eigenvalue weighted by molar-refractivity contribution is 0.103. The van der Waals surface area contributed by atoms with E-state index in [9.17, 15) is 9.90 Å². The first-order valence-electron chi connectivity index (χ1n) is 9.88. The molecule has 0 aliphatic carbocycles. The Hall–Kier alpha value is -2.69. The van der Waals surface area contributed by atoms with Gasteiger partial charge in [0.2, 0.25) is 0 Å². The molecule has 4 rings (SSSR count). The second kappa shape index (κ2) is 8.82. The lowest BCUT2D eigenvalue weighted by Crippen LogP contribution is -2.22. The van der Waals surface area contributed by atoms with Gasteiger partial charge in [0, 0.05) is 19.2 Å². The van der Waals surface area contributed by atoms with Crippen LogP contribution in [0.1, 0.15) is 27.5 Å². The summed E-state index contributed by atoms with van der Waals surface area (Å²) in [4.78, 5) is 28.4. The molecule has 3 N–H and O–H groups in total. The zero-order valence-electron chi connectivity index (χ0n) is 17.4. The average Bonchev–Trinajstić information content (AvgIpc) is 3.33. The zero-order valence-corrected chi connectivity index (χ0v) is 19.0. The lowest BCUT2D eigenvalue weighted by Gasteiger charge is -2.17. The summed E-state index contributed by atoms with van der Waals surface area (Å²) >= 11 is 7.52. The Kier molecular flexibility index (Phi) is 6.13. The lowest BCUT2D eigenvalue weighted by atomic mass is 9.94. The number of hydrogen-bond acceptors (Lipinski definition) is 8. The minimum absolute atomic E-state index is 0.273. The molecule has 1 amide bonds. The molecule has 1 aliphatic rings. The van der Waals surface area contributed by atoms with Crippen molar-refractivity contribution in [2.45, 2.75) is 26.4 Å². The van der Waals surface area contributed by atoms with Gasteiger partial charge in [-0.2, -0.15) is 0 Å². The predicted molar refractivity (Wildman–Crippen MR) is 127 cm³/mol. The third kappa shape index (κ3) is 4.98. The maximum Gasteiger partial charge on any atom is 0.267 e. The summed E-state index contributed by atoms with van der Waals surface area (Å²) < 4.78 is 0. The van der Waals surface area contributed by atoms with Crippen LogP contribution in [0.3, 0.4) is 0 Å². The fraction of sp³-hybridized carbons (Fsp3) is 0.300. The van der Waals surface area contributed by atoms with Crippen molar-refractivity contribution in [2.75, 3.05) is 28.6 Å². The van der Waals surface area contributed by atoms with Crippen molar-refractivity contribution < 1.29 is 9.90 Å². The van der Waals surface area contributed by atoms with Crippen LogP contribution in [0.4, 0.5) is 22.5 Å². The normalized spacial score (nSPS) is 15.9. The van der Waals surface area contributed by atoms with E-state index < -0.39 is 0 Å². The molecular weight excluding hydrogens is 435 g/mol. The van der Waals surface area contributed by atoms with E-state index in [0.717, 1.165) is 29.8 Å². The van der Waals surface area contributed by atoms with Crippen molar-refractivity contribution >= 4 is 64.6 Å². The van der Waals surface area contributed by atoms with Crippen LogP contribution in [-0.4, -0.2) is 53.0 Å². The number of β-amino-alcohol motifs (C(OH)–C–C–N with tert-alkyl or cyclic N) is 1. The number of amides is 1. The number of aliphatic hydroxyl groups is 1. The van der Waals surface area contributed by atoms with Crippen LogP contribution in [0.2, 0.25) is 5.02 Å². The van der Waals surface area contributed by atoms with Gasteiger partial charge in [0.1, 0.15) is 30.2 Å². The van der Waals surface area contributed by atoms with Crippen LogP contribution in [0.15, 0.2) is 24.4 Å². The first-order valence-corrected chi connectivity index (χ1v) is 11.1. The summed E-state index contributed by atoms with van der Waals surface area (Å²) in [6, 6.07) is 5.61. The Morgan fingerprint density at radius 3 is 2.84 bits per heavy atom. The quantitative estimate of drug-likeness (QED) is 0.505. The number of hydrogen-bond donors (Lipinski definition) is 3. The standard InChI is InChI=1S/C20H22BClN6O2S/c1-10-5-12(21)6-14(22)18(10)27-19(30)15-8-23-20(31-15)26-16-7-17(25-11(2)24-16)28-4-3-13(29)9-28/h5-8,13,29H,3-4,9,21H2,1-2H3,(H,27,30)(H,23,24,25,26)/t13-/m0/s1. The van der Waals surface area contributed by atoms with Gasteiger partial charge in [-0.1, -0.05) is 34.5 Å². The first kappa shape index (κ1) is 21.5. The Labute approximate surface area is 190 Å². The molecule has 3 heterocycles. The van der Waals surface area contributed by atoms with Crippen molar-refractivity contribution in [3.05, 3.63) is 45.7 Å². The molecule has 8 nitrogen and oxygen atoms in total. The molecule has 0 unspecified atom stereocenters. The highest BCUT2D eigenvalue weighted by molar-refractivity contribution is 7.17. The number of nitrogens with zero attached hydrogens (tertiary/aromatic N) is 4. The summed E-state index contributed by atoms with van der Waals surface area (Å²) in [5.41, 5.74) is 2.54. The van der Waals surface area contributed by atoms with E-state index in [2.05, 4.69) is 25.6 Å². The smallest absolute Gasteiger partial charge is 0.267 e. The topological polar surface area (TPSA) is 103 Å². The number of nitrogens with one attached hydrogen (secondary N) is 2. The number of benzene rings is 1. The second-order valence-corrected chi connectivity index (χ2v) is 9.03. The second-order valence-electron chi connectivity index (χ2n) is 7.59. The van der Waals surface area contributed by atoms with E-state index in [0.29, 0.717) is 38.9 Å². The Morgan fingerprint density at radius 2 is 2.13 bits per heavy atom. The molecule has 0 saturated carbocycles. The fourth-order valence-electron chi connectivity index (χ4n) is 3.52. The first-order chi connectivity index (χ1) is 14.8. The molecule has 0 radical (unpaired) electrons. The number of halogens is 1. The minimum Gasteiger partial charge on any atom is -0.391 e. The molecule has 1 aliphatic heterocycles. The van der Waals surface area contributed by atoms with Crippen LogP contribution < -0.4 is 21.0 Å². The molecule has 11 heteroatoms. The highest BCUT2D eigenvalue weighted by Gasteiger charge is 2.22. The van der Waals surface area contributed by atoms with Crippen molar-refractivity contribution in [1.29, 1.82) is 0 Å². The van der Waals surface area contributed by atoms with E-state index in [-0.39, 0.29) is 12.0 Å². The molecule has 160 valence electrons. The van der Waals surface area contributed by atoms with Crippen molar-refractivity contribution in [3.8, 4) is 0 Å². The number of rotatable bonds is 5. The Bertz CT molecular complexity index is 1120. The minimum atomic E-state index is -0.336. The third-order valence-corrected chi connectivity index (χ3v) is 6.16. The zero-order chi connectivity index (χ0) is 22.1. The van der Waals surface area contributed by atoms with Crippen LogP contribution in [0.5, 0.6) is 0 Å². The molecule has 1 aromatic carbocycles. The summed E-state index contributed by atoms with van der Waals surface area (Å²) in [5, 5.41) is 16.9. The van der Waals surface area contributed by atoms with Crippen LogP contribution in [-0.2, 0) is 0 Å². The van der Waals surface area contributed by atoms with Gasteiger partial charge in [-0.3, -0.25) is 4.79 Å². The molecule has 0 spiro atoms. The van der Waals surface area contributed by atoms with Gasteiger partial charge in [0.05, 0.1) is 23.0 Å². The molecule has 2 aromatic heterocycles. The maximum absolute atomic E-state index is 12.7. The van der Waals surface area contributed by atoms with Gasteiger partial charge >= 0.3 is 0 Å². The van der Waals surface area contributed by atoms with Crippen molar-refractivity contribution in [1.82, 2.24) is 15.0 Å². The van der Waals surface area contributed by atoms with E-state index in [1.807, 2.05) is 44.8 Å². The average molecular weight is 457 g/mol. The summed E-state index contributed by atoms with van der Waals surface area (Å²) in [6.07, 6.45) is 1.91. The van der Waals surface area contributed by atoms with E-state index >= 15 is 0 Å². The highest BCUT2D eigenvalue weighted by atomic mass is 35.5. The van der Waals surface area contributed by atoms with Gasteiger partial charge in [0.15, 0.2) is 5.13 Å². The van der Waals surface area contributed by atoms with Gasteiger partial charge in [0.25, 0.3) is 5.91 Å².